The summed E-state index contributed by atoms with van der Waals surface area (Å²) < 4.78 is 24.2. The van der Waals surface area contributed by atoms with Crippen molar-refractivity contribution in [3.05, 3.63) is 53.5 Å². The molecule has 0 fully saturated rings. The summed E-state index contributed by atoms with van der Waals surface area (Å²) in [6.07, 6.45) is 1.66. The molecule has 0 atom stereocenters. The normalized spacial score (nSPS) is 10.3. The number of ether oxygens (including phenoxy) is 2. The van der Waals surface area contributed by atoms with Crippen LogP contribution in [-0.2, 0) is 13.2 Å². The number of rotatable bonds is 6. The Hall–Kier alpha value is -2.14. The van der Waals surface area contributed by atoms with E-state index < -0.39 is 0 Å². The van der Waals surface area contributed by atoms with Crippen molar-refractivity contribution in [3.8, 4) is 11.6 Å². The van der Waals surface area contributed by atoms with Gasteiger partial charge in [-0.1, -0.05) is 0 Å². The van der Waals surface area contributed by atoms with Crippen molar-refractivity contribution in [3.63, 3.8) is 0 Å². The van der Waals surface area contributed by atoms with Gasteiger partial charge < -0.3 is 14.8 Å². The average Bonchev–Trinajstić information content (AvgIpc) is 2.47. The molecule has 1 aromatic carbocycles. The predicted octanol–water partition coefficient (Wildman–Crippen LogP) is 2.53. The van der Waals surface area contributed by atoms with Crippen LogP contribution in [0.4, 0.5) is 4.39 Å². The molecule has 0 radical (unpaired) electrons. The lowest BCUT2D eigenvalue weighted by Gasteiger charge is -2.12. The molecule has 106 valence electrons. The van der Waals surface area contributed by atoms with Crippen LogP contribution >= 0.6 is 0 Å². The second-order valence-corrected chi connectivity index (χ2v) is 4.24. The maximum atomic E-state index is 13.2. The third-order valence-corrected chi connectivity index (χ3v) is 2.82. The van der Waals surface area contributed by atoms with Crippen LogP contribution in [0.25, 0.3) is 0 Å². The first-order valence-corrected chi connectivity index (χ1v) is 6.28. The van der Waals surface area contributed by atoms with E-state index in [2.05, 4.69) is 10.3 Å². The minimum absolute atomic E-state index is 0.276. The molecule has 0 bridgehead atoms. The monoisotopic (exact) mass is 276 g/mol. The first-order valence-electron chi connectivity index (χ1n) is 6.28. The number of methoxy groups -OCH3 is 1. The predicted molar refractivity (Wildman–Crippen MR) is 74.3 cm³/mol. The van der Waals surface area contributed by atoms with Crippen LogP contribution in [0.3, 0.4) is 0 Å². The fraction of sp³-hybridized carbons (Fsp3) is 0.267. The molecule has 20 heavy (non-hydrogen) atoms. The van der Waals surface area contributed by atoms with Crippen LogP contribution in [0.2, 0.25) is 0 Å². The van der Waals surface area contributed by atoms with Gasteiger partial charge in [-0.25, -0.2) is 9.37 Å². The third-order valence-electron chi connectivity index (χ3n) is 2.82. The highest BCUT2D eigenvalue weighted by Gasteiger charge is 2.08. The van der Waals surface area contributed by atoms with E-state index >= 15 is 0 Å². The minimum Gasteiger partial charge on any atom is -0.488 e. The van der Waals surface area contributed by atoms with Crippen molar-refractivity contribution in [1.82, 2.24) is 10.3 Å². The Morgan fingerprint density at radius 3 is 2.85 bits per heavy atom. The molecular weight excluding hydrogens is 259 g/mol. The van der Waals surface area contributed by atoms with E-state index in [9.17, 15) is 4.39 Å². The van der Waals surface area contributed by atoms with Crippen molar-refractivity contribution >= 4 is 0 Å². The zero-order chi connectivity index (χ0) is 14.4. The molecule has 1 aromatic heterocycles. The number of aromatic nitrogens is 1. The lowest BCUT2D eigenvalue weighted by atomic mass is 10.2. The first-order chi connectivity index (χ1) is 9.74. The second-order valence-electron chi connectivity index (χ2n) is 4.24. The van der Waals surface area contributed by atoms with Crippen LogP contribution in [0.15, 0.2) is 36.5 Å². The van der Waals surface area contributed by atoms with Gasteiger partial charge in [0.1, 0.15) is 18.2 Å². The summed E-state index contributed by atoms with van der Waals surface area (Å²) >= 11 is 0. The van der Waals surface area contributed by atoms with Crippen molar-refractivity contribution in [2.75, 3.05) is 14.2 Å². The minimum atomic E-state index is -0.276. The molecule has 0 spiro atoms. The number of benzene rings is 1. The molecule has 2 aromatic rings. The van der Waals surface area contributed by atoms with Crippen LogP contribution in [0.1, 0.15) is 11.1 Å². The maximum Gasteiger partial charge on any atom is 0.219 e. The Kier molecular flexibility index (Phi) is 4.90. The van der Waals surface area contributed by atoms with Gasteiger partial charge in [0.25, 0.3) is 0 Å². The summed E-state index contributed by atoms with van der Waals surface area (Å²) in [6.45, 7) is 0.858. The van der Waals surface area contributed by atoms with E-state index in [0.29, 0.717) is 24.8 Å². The summed E-state index contributed by atoms with van der Waals surface area (Å²) in [7, 11) is 3.37. The summed E-state index contributed by atoms with van der Waals surface area (Å²) in [5.41, 5.74) is 1.62. The molecule has 0 amide bonds. The third kappa shape index (κ3) is 3.45. The molecule has 1 heterocycles. The molecule has 2 rings (SSSR count). The van der Waals surface area contributed by atoms with Crippen molar-refractivity contribution in [1.29, 1.82) is 0 Å². The van der Waals surface area contributed by atoms with Gasteiger partial charge >= 0.3 is 0 Å². The van der Waals surface area contributed by atoms with E-state index in [1.807, 2.05) is 12.1 Å². The Labute approximate surface area is 117 Å². The highest BCUT2D eigenvalue weighted by Crippen LogP contribution is 2.22. The van der Waals surface area contributed by atoms with Crippen LogP contribution < -0.4 is 14.8 Å². The fourth-order valence-corrected chi connectivity index (χ4v) is 1.89. The average molecular weight is 276 g/mol. The lowest BCUT2D eigenvalue weighted by Crippen LogP contribution is -2.08. The van der Waals surface area contributed by atoms with Gasteiger partial charge in [0.2, 0.25) is 5.88 Å². The molecule has 5 heteroatoms. The topological polar surface area (TPSA) is 43.4 Å². The van der Waals surface area contributed by atoms with E-state index in [1.165, 1.54) is 12.1 Å². The largest absolute Gasteiger partial charge is 0.488 e. The summed E-state index contributed by atoms with van der Waals surface area (Å²) in [6, 6.07) is 8.18. The Morgan fingerprint density at radius 1 is 1.25 bits per heavy atom. The quantitative estimate of drug-likeness (QED) is 0.880. The lowest BCUT2D eigenvalue weighted by molar-refractivity contribution is 0.290. The van der Waals surface area contributed by atoms with Gasteiger partial charge in [-0.3, -0.25) is 0 Å². The van der Waals surface area contributed by atoms with Gasteiger partial charge in [-0.2, -0.15) is 0 Å². The molecule has 0 unspecified atom stereocenters. The number of hydrogen-bond acceptors (Lipinski definition) is 4. The molecule has 0 saturated heterocycles. The zero-order valence-corrected chi connectivity index (χ0v) is 11.5. The highest BCUT2D eigenvalue weighted by molar-refractivity contribution is 5.34. The molecule has 1 N–H and O–H groups in total. The fourth-order valence-electron chi connectivity index (χ4n) is 1.89. The van der Waals surface area contributed by atoms with Gasteiger partial charge in [0, 0.05) is 18.3 Å². The number of halogens is 1. The molecule has 4 nitrogen and oxygen atoms in total. The Bertz CT molecular complexity index is 576. The Balaban J connectivity index is 2.14. The number of pyridine rings is 1. The van der Waals surface area contributed by atoms with Gasteiger partial charge in [0.15, 0.2) is 0 Å². The van der Waals surface area contributed by atoms with E-state index in [0.717, 1.165) is 11.1 Å². The summed E-state index contributed by atoms with van der Waals surface area (Å²) in [5, 5.41) is 2.99. The van der Waals surface area contributed by atoms with Gasteiger partial charge in [-0.15, -0.1) is 0 Å². The molecule has 0 aliphatic heterocycles. The van der Waals surface area contributed by atoms with Crippen molar-refractivity contribution < 1.29 is 13.9 Å². The zero-order valence-electron chi connectivity index (χ0n) is 11.5. The smallest absolute Gasteiger partial charge is 0.219 e. The van der Waals surface area contributed by atoms with Crippen LogP contribution in [0.5, 0.6) is 11.6 Å². The standard InChI is InChI=1S/C15H17FN2O2/c1-17-9-12-8-13(16)5-6-14(12)20-10-11-4-3-7-18-15(11)19-2/h3-8,17H,9-10H2,1-2H3. The van der Waals surface area contributed by atoms with E-state index in [4.69, 9.17) is 9.47 Å². The Morgan fingerprint density at radius 2 is 2.10 bits per heavy atom. The second kappa shape index (κ2) is 6.86. The van der Waals surface area contributed by atoms with Gasteiger partial charge in [0.05, 0.1) is 12.7 Å². The SMILES string of the molecule is CNCc1cc(F)ccc1OCc1cccnc1OC. The maximum absolute atomic E-state index is 13.2. The van der Waals surface area contributed by atoms with Crippen LogP contribution in [0, 0.1) is 5.82 Å². The molecule has 0 aliphatic carbocycles. The molecule has 0 aliphatic rings. The summed E-state index contributed by atoms with van der Waals surface area (Å²) in [4.78, 5) is 4.11. The highest BCUT2D eigenvalue weighted by atomic mass is 19.1. The van der Waals surface area contributed by atoms with Gasteiger partial charge in [-0.05, 0) is 37.4 Å². The molecular formula is C15H17FN2O2. The van der Waals surface area contributed by atoms with E-state index in [1.54, 1.807) is 26.4 Å². The van der Waals surface area contributed by atoms with E-state index in [-0.39, 0.29) is 5.82 Å². The first kappa shape index (κ1) is 14.3. The molecule has 0 saturated carbocycles. The van der Waals surface area contributed by atoms with Crippen LogP contribution in [-0.4, -0.2) is 19.1 Å². The number of nitrogens with zero attached hydrogens (tertiary/aromatic N) is 1. The van der Waals surface area contributed by atoms with Crippen molar-refractivity contribution in [2.45, 2.75) is 13.2 Å². The van der Waals surface area contributed by atoms with Crippen molar-refractivity contribution in [2.24, 2.45) is 0 Å². The number of hydrogen-bond donors (Lipinski definition) is 1. The number of nitrogens with one attached hydrogen (secondary N) is 1. The summed E-state index contributed by atoms with van der Waals surface area (Å²) in [5.74, 6) is 0.901.